The van der Waals surface area contributed by atoms with Crippen LogP contribution in [0.2, 0.25) is 0 Å². The van der Waals surface area contributed by atoms with Crippen molar-refractivity contribution < 1.29 is 9.53 Å². The number of rotatable bonds is 5. The Hall–Kier alpha value is -2.67. The van der Waals surface area contributed by atoms with E-state index in [-0.39, 0.29) is 11.9 Å². The average Bonchev–Trinajstić information content (AvgIpc) is 3.15. The summed E-state index contributed by atoms with van der Waals surface area (Å²) in [6.45, 7) is 2.55. The Morgan fingerprint density at radius 1 is 1.29 bits per heavy atom. The molecule has 0 spiro atoms. The molecule has 0 radical (unpaired) electrons. The SMILES string of the molecule is COc1ccc(NC(=O)NC[C@@H](C)c2nccs2)c2cccnc12. The predicted octanol–water partition coefficient (Wildman–Crippen LogP) is 3.63. The highest BCUT2D eigenvalue weighted by Gasteiger charge is 2.12. The summed E-state index contributed by atoms with van der Waals surface area (Å²) >= 11 is 1.59. The molecule has 3 aromatic rings. The number of carbonyl (C=O) groups excluding carboxylic acids is 1. The number of nitrogens with zero attached hydrogens (tertiary/aromatic N) is 2. The van der Waals surface area contributed by atoms with E-state index in [4.69, 9.17) is 4.74 Å². The lowest BCUT2D eigenvalue weighted by Crippen LogP contribution is -2.31. The van der Waals surface area contributed by atoms with E-state index >= 15 is 0 Å². The van der Waals surface area contributed by atoms with Crippen molar-refractivity contribution in [2.75, 3.05) is 19.0 Å². The molecule has 0 aliphatic carbocycles. The van der Waals surface area contributed by atoms with Gasteiger partial charge in [0, 0.05) is 35.6 Å². The predicted molar refractivity (Wildman–Crippen MR) is 95.8 cm³/mol. The standard InChI is InChI=1S/C17H18N4O2S/c1-11(16-19-8-9-24-16)10-20-17(22)21-13-5-6-14(23-2)15-12(13)4-3-7-18-15/h3-9,11H,10H2,1-2H3,(H2,20,21,22)/t11-/m1/s1. The highest BCUT2D eigenvalue weighted by atomic mass is 32.1. The summed E-state index contributed by atoms with van der Waals surface area (Å²) in [5.74, 6) is 0.846. The summed E-state index contributed by atoms with van der Waals surface area (Å²) in [4.78, 5) is 20.8. The second kappa shape index (κ2) is 7.27. The fourth-order valence-corrected chi connectivity index (χ4v) is 3.10. The topological polar surface area (TPSA) is 76.1 Å². The van der Waals surface area contributed by atoms with Gasteiger partial charge in [0.2, 0.25) is 0 Å². The third-order valence-electron chi connectivity index (χ3n) is 3.64. The van der Waals surface area contributed by atoms with Crippen LogP contribution < -0.4 is 15.4 Å². The zero-order chi connectivity index (χ0) is 16.9. The number of fused-ring (bicyclic) bond motifs is 1. The fraction of sp³-hybridized carbons (Fsp3) is 0.235. The molecule has 0 aliphatic heterocycles. The van der Waals surface area contributed by atoms with E-state index in [1.54, 1.807) is 36.9 Å². The molecule has 0 saturated heterocycles. The molecular weight excluding hydrogens is 324 g/mol. The number of urea groups is 1. The molecule has 124 valence electrons. The van der Waals surface area contributed by atoms with Crippen molar-refractivity contribution in [2.24, 2.45) is 0 Å². The molecule has 0 fully saturated rings. The summed E-state index contributed by atoms with van der Waals surface area (Å²) in [5, 5.41) is 9.53. The number of anilines is 1. The van der Waals surface area contributed by atoms with E-state index in [9.17, 15) is 4.79 Å². The van der Waals surface area contributed by atoms with Gasteiger partial charge in [-0.3, -0.25) is 4.98 Å². The number of amides is 2. The molecule has 6 nitrogen and oxygen atoms in total. The number of carbonyl (C=O) groups is 1. The molecule has 2 aromatic heterocycles. The monoisotopic (exact) mass is 342 g/mol. The third-order valence-corrected chi connectivity index (χ3v) is 4.65. The van der Waals surface area contributed by atoms with Gasteiger partial charge in [0.1, 0.15) is 11.3 Å². The van der Waals surface area contributed by atoms with E-state index in [1.807, 2.05) is 30.5 Å². The van der Waals surface area contributed by atoms with Crippen molar-refractivity contribution in [3.8, 4) is 5.75 Å². The summed E-state index contributed by atoms with van der Waals surface area (Å²) in [7, 11) is 1.60. The number of hydrogen-bond acceptors (Lipinski definition) is 5. The number of thiazole rings is 1. The Labute approximate surface area is 143 Å². The van der Waals surface area contributed by atoms with Gasteiger partial charge in [0.25, 0.3) is 0 Å². The first-order chi connectivity index (χ1) is 11.7. The lowest BCUT2D eigenvalue weighted by atomic mass is 10.1. The minimum absolute atomic E-state index is 0.171. The Bertz CT molecular complexity index is 836. The second-order valence-corrected chi connectivity index (χ2v) is 6.25. The fourth-order valence-electron chi connectivity index (χ4n) is 2.40. The van der Waals surface area contributed by atoms with Gasteiger partial charge in [-0.05, 0) is 24.3 Å². The summed E-state index contributed by atoms with van der Waals surface area (Å²) in [6, 6.07) is 7.08. The minimum Gasteiger partial charge on any atom is -0.494 e. The van der Waals surface area contributed by atoms with Crippen LogP contribution >= 0.6 is 11.3 Å². The molecular formula is C17H18N4O2S. The van der Waals surface area contributed by atoms with E-state index in [0.717, 1.165) is 10.4 Å². The normalized spacial score (nSPS) is 11.9. The molecule has 2 N–H and O–H groups in total. The van der Waals surface area contributed by atoms with Crippen molar-refractivity contribution in [2.45, 2.75) is 12.8 Å². The van der Waals surface area contributed by atoms with Crippen LogP contribution in [0.5, 0.6) is 5.75 Å². The van der Waals surface area contributed by atoms with Gasteiger partial charge in [-0.15, -0.1) is 11.3 Å². The summed E-state index contributed by atoms with van der Waals surface area (Å²) in [5.41, 5.74) is 1.41. The van der Waals surface area contributed by atoms with E-state index in [1.165, 1.54) is 0 Å². The first kappa shape index (κ1) is 16.2. The number of aromatic nitrogens is 2. The Kier molecular flexibility index (Phi) is 4.90. The van der Waals surface area contributed by atoms with Crippen molar-refractivity contribution >= 4 is 34.0 Å². The molecule has 2 amide bonds. The summed E-state index contributed by atoms with van der Waals surface area (Å²) in [6.07, 6.45) is 3.47. The van der Waals surface area contributed by atoms with E-state index in [2.05, 4.69) is 20.6 Å². The lowest BCUT2D eigenvalue weighted by Gasteiger charge is -2.13. The molecule has 2 heterocycles. The Balaban J connectivity index is 1.69. The van der Waals surface area contributed by atoms with Crippen LogP contribution in [0.25, 0.3) is 10.9 Å². The van der Waals surface area contributed by atoms with Gasteiger partial charge in [-0.1, -0.05) is 6.92 Å². The van der Waals surface area contributed by atoms with E-state index < -0.39 is 0 Å². The minimum atomic E-state index is -0.256. The van der Waals surface area contributed by atoms with Crippen molar-refractivity contribution in [3.63, 3.8) is 0 Å². The van der Waals surface area contributed by atoms with Crippen LogP contribution in [0.4, 0.5) is 10.5 Å². The van der Waals surface area contributed by atoms with Gasteiger partial charge >= 0.3 is 6.03 Å². The largest absolute Gasteiger partial charge is 0.494 e. The van der Waals surface area contributed by atoms with Gasteiger partial charge < -0.3 is 15.4 Å². The van der Waals surface area contributed by atoms with Crippen LogP contribution in [0.3, 0.4) is 0 Å². The van der Waals surface area contributed by atoms with Crippen LogP contribution in [-0.4, -0.2) is 29.7 Å². The van der Waals surface area contributed by atoms with Crippen LogP contribution in [-0.2, 0) is 0 Å². The molecule has 0 aliphatic rings. The number of nitrogens with one attached hydrogen (secondary N) is 2. The van der Waals surface area contributed by atoms with Crippen LogP contribution in [0.1, 0.15) is 17.8 Å². The van der Waals surface area contributed by atoms with Gasteiger partial charge in [-0.25, -0.2) is 9.78 Å². The molecule has 24 heavy (non-hydrogen) atoms. The highest BCUT2D eigenvalue weighted by Crippen LogP contribution is 2.29. The van der Waals surface area contributed by atoms with Gasteiger partial charge in [0.05, 0.1) is 17.8 Å². The Morgan fingerprint density at radius 3 is 2.92 bits per heavy atom. The van der Waals surface area contributed by atoms with Crippen LogP contribution in [0.15, 0.2) is 42.0 Å². The molecule has 0 unspecified atom stereocenters. The number of benzene rings is 1. The molecule has 0 bridgehead atoms. The molecule has 1 atom stereocenters. The summed E-state index contributed by atoms with van der Waals surface area (Å²) < 4.78 is 5.31. The number of hydrogen-bond donors (Lipinski definition) is 2. The average molecular weight is 342 g/mol. The zero-order valence-corrected chi connectivity index (χ0v) is 14.3. The number of pyridine rings is 1. The van der Waals surface area contributed by atoms with Crippen molar-refractivity contribution in [1.29, 1.82) is 0 Å². The maximum absolute atomic E-state index is 12.2. The van der Waals surface area contributed by atoms with E-state index in [0.29, 0.717) is 23.5 Å². The zero-order valence-electron chi connectivity index (χ0n) is 13.4. The highest BCUT2D eigenvalue weighted by molar-refractivity contribution is 7.09. The maximum Gasteiger partial charge on any atom is 0.319 e. The van der Waals surface area contributed by atoms with Gasteiger partial charge in [-0.2, -0.15) is 0 Å². The lowest BCUT2D eigenvalue weighted by molar-refractivity contribution is 0.251. The smallest absolute Gasteiger partial charge is 0.319 e. The molecule has 1 aromatic carbocycles. The Morgan fingerprint density at radius 2 is 2.17 bits per heavy atom. The van der Waals surface area contributed by atoms with Crippen LogP contribution in [0, 0.1) is 0 Å². The molecule has 0 saturated carbocycles. The van der Waals surface area contributed by atoms with Crippen molar-refractivity contribution in [1.82, 2.24) is 15.3 Å². The third kappa shape index (κ3) is 3.46. The molecule has 3 rings (SSSR count). The van der Waals surface area contributed by atoms with Gasteiger partial charge in [0.15, 0.2) is 0 Å². The molecule has 7 heteroatoms. The van der Waals surface area contributed by atoms with Crippen molar-refractivity contribution in [3.05, 3.63) is 47.0 Å². The first-order valence-electron chi connectivity index (χ1n) is 7.55. The number of ether oxygens (including phenoxy) is 1. The first-order valence-corrected chi connectivity index (χ1v) is 8.43. The number of methoxy groups -OCH3 is 1. The quantitative estimate of drug-likeness (QED) is 0.742. The maximum atomic E-state index is 12.2. The second-order valence-electron chi connectivity index (χ2n) is 5.32.